The summed E-state index contributed by atoms with van der Waals surface area (Å²) in [6, 6.07) is 7.85. The lowest BCUT2D eigenvalue weighted by atomic mass is 10.0. The normalized spacial score (nSPS) is 19.0. The summed E-state index contributed by atoms with van der Waals surface area (Å²) in [7, 11) is 0. The van der Waals surface area contributed by atoms with E-state index in [0.29, 0.717) is 19.5 Å². The molecule has 1 aliphatic heterocycles. The molecule has 0 aromatic heterocycles. The van der Waals surface area contributed by atoms with Gasteiger partial charge in [0.1, 0.15) is 5.54 Å². The smallest absolute Gasteiger partial charge is 0.248 e. The van der Waals surface area contributed by atoms with Crippen molar-refractivity contribution < 1.29 is 9.59 Å². The first-order chi connectivity index (χ1) is 8.88. The first kappa shape index (κ1) is 14.1. The number of hydrogen-bond acceptors (Lipinski definition) is 2. The molecule has 1 fully saturated rings. The summed E-state index contributed by atoms with van der Waals surface area (Å²) >= 11 is 3.39. The molecule has 0 bridgehead atoms. The van der Waals surface area contributed by atoms with Crippen molar-refractivity contribution in [2.24, 2.45) is 0 Å². The number of halogens is 1. The molecule has 0 radical (unpaired) electrons. The second-order valence-electron chi connectivity index (χ2n) is 5.28. The molecule has 2 amide bonds. The third kappa shape index (κ3) is 3.35. The highest BCUT2D eigenvalue weighted by atomic mass is 79.9. The summed E-state index contributed by atoms with van der Waals surface area (Å²) in [5.41, 5.74) is 0.227. The van der Waals surface area contributed by atoms with Crippen molar-refractivity contribution >= 4 is 27.7 Å². The van der Waals surface area contributed by atoms with Crippen molar-refractivity contribution in [3.8, 4) is 0 Å². The second kappa shape index (κ2) is 5.33. The van der Waals surface area contributed by atoms with Gasteiger partial charge in [-0.1, -0.05) is 28.1 Å². The summed E-state index contributed by atoms with van der Waals surface area (Å²) in [6.45, 7) is 4.48. The van der Waals surface area contributed by atoms with Gasteiger partial charge in [0.05, 0.1) is 0 Å². The van der Waals surface area contributed by atoms with E-state index in [1.165, 1.54) is 0 Å². The topological polar surface area (TPSA) is 49.4 Å². The zero-order valence-corrected chi connectivity index (χ0v) is 12.7. The first-order valence-electron chi connectivity index (χ1n) is 6.23. The number of carbonyl (C=O) groups excluding carboxylic acids is 2. The quantitative estimate of drug-likeness (QED) is 0.905. The molecule has 0 aliphatic carbocycles. The molecular formula is C14H17BrN2O2. The minimum absolute atomic E-state index is 0.0405. The molecule has 1 N–H and O–H groups in total. The van der Waals surface area contributed by atoms with Crippen molar-refractivity contribution in [3.05, 3.63) is 34.3 Å². The molecule has 19 heavy (non-hydrogen) atoms. The van der Waals surface area contributed by atoms with Crippen molar-refractivity contribution in [1.29, 1.82) is 0 Å². The van der Waals surface area contributed by atoms with Crippen molar-refractivity contribution in [2.75, 3.05) is 6.54 Å². The van der Waals surface area contributed by atoms with Crippen LogP contribution in [0.25, 0.3) is 0 Å². The van der Waals surface area contributed by atoms with Gasteiger partial charge in [-0.25, -0.2) is 0 Å². The summed E-state index contributed by atoms with van der Waals surface area (Å²) < 4.78 is 1.01. The summed E-state index contributed by atoms with van der Waals surface area (Å²) in [4.78, 5) is 25.7. The van der Waals surface area contributed by atoms with Crippen LogP contribution >= 0.6 is 15.9 Å². The molecule has 4 nitrogen and oxygen atoms in total. The second-order valence-corrected chi connectivity index (χ2v) is 6.19. The summed E-state index contributed by atoms with van der Waals surface area (Å²) in [6.07, 6.45) is 0.353. The Labute approximate surface area is 121 Å². The van der Waals surface area contributed by atoms with E-state index < -0.39 is 5.54 Å². The lowest BCUT2D eigenvalue weighted by Crippen LogP contribution is -2.52. The van der Waals surface area contributed by atoms with Gasteiger partial charge in [0, 0.05) is 24.0 Å². The molecule has 0 unspecified atom stereocenters. The van der Waals surface area contributed by atoms with E-state index in [4.69, 9.17) is 0 Å². The molecule has 1 aromatic rings. The molecule has 0 saturated carbocycles. The van der Waals surface area contributed by atoms with E-state index in [9.17, 15) is 9.59 Å². The Kier molecular flexibility index (Phi) is 3.94. The van der Waals surface area contributed by atoms with Crippen molar-refractivity contribution in [2.45, 2.75) is 32.4 Å². The number of benzene rings is 1. The molecule has 1 saturated heterocycles. The molecule has 1 aromatic carbocycles. The predicted molar refractivity (Wildman–Crippen MR) is 76.4 cm³/mol. The molecule has 1 heterocycles. The Morgan fingerprint density at radius 2 is 1.89 bits per heavy atom. The molecule has 1 aliphatic rings. The van der Waals surface area contributed by atoms with Gasteiger partial charge in [0.25, 0.3) is 0 Å². The van der Waals surface area contributed by atoms with Gasteiger partial charge < -0.3 is 10.2 Å². The van der Waals surface area contributed by atoms with Crippen LogP contribution in [0.3, 0.4) is 0 Å². The monoisotopic (exact) mass is 324 g/mol. The minimum Gasteiger partial charge on any atom is -0.342 e. The fourth-order valence-electron chi connectivity index (χ4n) is 2.16. The van der Waals surface area contributed by atoms with E-state index in [1.54, 1.807) is 18.7 Å². The lowest BCUT2D eigenvalue weighted by Gasteiger charge is -2.28. The highest BCUT2D eigenvalue weighted by Crippen LogP contribution is 2.17. The van der Waals surface area contributed by atoms with Crippen LogP contribution in [0.15, 0.2) is 28.7 Å². The maximum absolute atomic E-state index is 12.4. The third-order valence-corrected chi connectivity index (χ3v) is 3.70. The molecule has 5 heteroatoms. The Bertz CT molecular complexity index is 497. The first-order valence-corrected chi connectivity index (χ1v) is 7.02. The standard InChI is InChI=1S/C14H17BrN2O2/c1-14(2)13(19)17(8-7-12(18)16-14)9-10-3-5-11(15)6-4-10/h3-6H,7-9H2,1-2H3,(H,16,18). The Balaban J connectivity index is 2.16. The Hall–Kier alpha value is -1.36. The van der Waals surface area contributed by atoms with Crippen LogP contribution in [0.1, 0.15) is 25.8 Å². The van der Waals surface area contributed by atoms with Crippen LogP contribution in [0, 0.1) is 0 Å². The van der Waals surface area contributed by atoms with Gasteiger partial charge >= 0.3 is 0 Å². The molecule has 0 atom stereocenters. The number of carbonyl (C=O) groups is 2. The largest absolute Gasteiger partial charge is 0.342 e. The molecular weight excluding hydrogens is 308 g/mol. The van der Waals surface area contributed by atoms with Gasteiger partial charge in [-0.05, 0) is 31.5 Å². The molecule has 2 rings (SSSR count). The van der Waals surface area contributed by atoms with Crippen LogP contribution in [-0.4, -0.2) is 28.8 Å². The SMILES string of the molecule is CC1(C)NC(=O)CCN(Cc2ccc(Br)cc2)C1=O. The number of nitrogens with one attached hydrogen (secondary N) is 1. The van der Waals surface area contributed by atoms with E-state index in [2.05, 4.69) is 21.2 Å². The average Bonchev–Trinajstić information content (AvgIpc) is 2.43. The Morgan fingerprint density at radius 3 is 2.53 bits per heavy atom. The van der Waals surface area contributed by atoms with Gasteiger partial charge in [0.15, 0.2) is 0 Å². The number of nitrogens with zero attached hydrogens (tertiary/aromatic N) is 1. The number of amides is 2. The minimum atomic E-state index is -0.830. The van der Waals surface area contributed by atoms with Crippen LogP contribution in [0.4, 0.5) is 0 Å². The summed E-state index contributed by atoms with van der Waals surface area (Å²) in [5.74, 6) is -0.113. The summed E-state index contributed by atoms with van der Waals surface area (Å²) in [5, 5.41) is 2.76. The van der Waals surface area contributed by atoms with E-state index in [1.807, 2.05) is 24.3 Å². The zero-order valence-electron chi connectivity index (χ0n) is 11.1. The van der Waals surface area contributed by atoms with E-state index in [-0.39, 0.29) is 11.8 Å². The van der Waals surface area contributed by atoms with E-state index >= 15 is 0 Å². The van der Waals surface area contributed by atoms with Crippen molar-refractivity contribution in [1.82, 2.24) is 10.2 Å². The third-order valence-electron chi connectivity index (χ3n) is 3.17. The fourth-order valence-corrected chi connectivity index (χ4v) is 2.42. The maximum Gasteiger partial charge on any atom is 0.248 e. The fraction of sp³-hybridized carbons (Fsp3) is 0.429. The van der Waals surface area contributed by atoms with E-state index in [0.717, 1.165) is 10.0 Å². The molecule has 102 valence electrons. The van der Waals surface area contributed by atoms with Crippen molar-refractivity contribution in [3.63, 3.8) is 0 Å². The van der Waals surface area contributed by atoms with Gasteiger partial charge in [-0.15, -0.1) is 0 Å². The highest BCUT2D eigenvalue weighted by Gasteiger charge is 2.36. The average molecular weight is 325 g/mol. The lowest BCUT2D eigenvalue weighted by molar-refractivity contribution is -0.137. The number of hydrogen-bond donors (Lipinski definition) is 1. The maximum atomic E-state index is 12.4. The number of rotatable bonds is 2. The van der Waals surface area contributed by atoms with Crippen LogP contribution in [0.5, 0.6) is 0 Å². The van der Waals surface area contributed by atoms with Crippen LogP contribution in [0.2, 0.25) is 0 Å². The van der Waals surface area contributed by atoms with Crippen LogP contribution < -0.4 is 5.32 Å². The van der Waals surface area contributed by atoms with Gasteiger partial charge in [-0.2, -0.15) is 0 Å². The van der Waals surface area contributed by atoms with Crippen LogP contribution in [-0.2, 0) is 16.1 Å². The molecule has 0 spiro atoms. The zero-order chi connectivity index (χ0) is 14.0. The van der Waals surface area contributed by atoms with Gasteiger partial charge in [0.2, 0.25) is 11.8 Å². The predicted octanol–water partition coefficient (Wildman–Crippen LogP) is 2.08. The highest BCUT2D eigenvalue weighted by molar-refractivity contribution is 9.10. The Morgan fingerprint density at radius 1 is 1.26 bits per heavy atom. The van der Waals surface area contributed by atoms with Gasteiger partial charge in [-0.3, -0.25) is 9.59 Å².